The molecule has 3 heterocycles. The lowest BCUT2D eigenvalue weighted by atomic mass is 10.1. The number of aliphatic hydroxyl groups excluding tert-OH is 1. The quantitative estimate of drug-likeness (QED) is 0.755. The Morgan fingerprint density at radius 1 is 1.58 bits per heavy atom. The van der Waals surface area contributed by atoms with Gasteiger partial charge in [0.1, 0.15) is 6.23 Å². The number of rotatable bonds is 2. The molecule has 0 saturated carbocycles. The second-order valence-corrected chi connectivity index (χ2v) is 4.48. The van der Waals surface area contributed by atoms with Gasteiger partial charge in [-0.05, 0) is 0 Å². The summed E-state index contributed by atoms with van der Waals surface area (Å²) in [4.78, 5) is 10.9. The molecule has 7 nitrogen and oxygen atoms in total. The van der Waals surface area contributed by atoms with Crippen molar-refractivity contribution in [3.63, 3.8) is 0 Å². The van der Waals surface area contributed by atoms with Crippen LogP contribution in [0.2, 0.25) is 0 Å². The highest BCUT2D eigenvalue weighted by Gasteiger charge is 2.41. The summed E-state index contributed by atoms with van der Waals surface area (Å²) in [5.41, 5.74) is 4.08. The lowest BCUT2D eigenvalue weighted by molar-refractivity contribution is 0.0302. The van der Waals surface area contributed by atoms with Crippen LogP contribution >= 0.6 is 0 Å². The fraction of sp³-hybridized carbons (Fsp3) is 0.500. The van der Waals surface area contributed by atoms with Crippen molar-refractivity contribution in [3.05, 3.63) is 12.4 Å². The first-order chi connectivity index (χ1) is 9.02. The van der Waals surface area contributed by atoms with Gasteiger partial charge in [0.15, 0.2) is 22.7 Å². The molecular formula is C10H11F2N5O2. The van der Waals surface area contributed by atoms with E-state index in [0.29, 0.717) is 0 Å². The molecule has 0 aliphatic carbocycles. The van der Waals surface area contributed by atoms with Crippen LogP contribution in [0.1, 0.15) is 12.6 Å². The zero-order valence-electron chi connectivity index (χ0n) is 9.75. The topological polar surface area (TPSA) is 99.1 Å². The van der Waals surface area contributed by atoms with E-state index < -0.39 is 24.6 Å². The molecule has 2 aromatic heterocycles. The van der Waals surface area contributed by atoms with E-state index in [0.717, 1.165) is 0 Å². The van der Waals surface area contributed by atoms with E-state index in [1.807, 2.05) is 0 Å². The second-order valence-electron chi connectivity index (χ2n) is 4.48. The maximum atomic E-state index is 13.9. The van der Waals surface area contributed by atoms with Gasteiger partial charge in [-0.15, -0.1) is 0 Å². The van der Waals surface area contributed by atoms with Gasteiger partial charge in [-0.1, -0.05) is 0 Å². The standard InChI is InChI=1S/C10H11F2N5O2/c11-9-15-7(13)6-8(16-9)17(4-14-6)5-1-10(12,2-18)3-19-5/h4-5,18H,1-3H2,(H2,13,15,16)/t5-,10+/m1/s1. The number of hydrogen-bond acceptors (Lipinski definition) is 6. The molecule has 3 N–H and O–H groups in total. The monoisotopic (exact) mass is 271 g/mol. The molecule has 2 atom stereocenters. The van der Waals surface area contributed by atoms with Crippen LogP contribution in [0.4, 0.5) is 14.6 Å². The Hall–Kier alpha value is -1.87. The second kappa shape index (κ2) is 4.07. The Kier molecular flexibility index (Phi) is 2.61. The van der Waals surface area contributed by atoms with Gasteiger partial charge in [-0.3, -0.25) is 4.57 Å². The predicted octanol–water partition coefficient (Wildman–Crippen LogP) is 0.167. The summed E-state index contributed by atoms with van der Waals surface area (Å²) in [6.45, 7) is -0.876. The van der Waals surface area contributed by atoms with Gasteiger partial charge in [0.25, 0.3) is 0 Å². The maximum Gasteiger partial charge on any atom is 0.312 e. The van der Waals surface area contributed by atoms with Crippen LogP contribution in [0.15, 0.2) is 6.33 Å². The zero-order chi connectivity index (χ0) is 13.6. The zero-order valence-corrected chi connectivity index (χ0v) is 9.75. The van der Waals surface area contributed by atoms with Gasteiger partial charge < -0.3 is 15.6 Å². The molecule has 1 saturated heterocycles. The highest BCUT2D eigenvalue weighted by atomic mass is 19.1. The van der Waals surface area contributed by atoms with E-state index in [1.54, 1.807) is 0 Å². The molecule has 0 aromatic carbocycles. The van der Waals surface area contributed by atoms with Crippen molar-refractivity contribution in [3.8, 4) is 0 Å². The lowest BCUT2D eigenvalue weighted by Gasteiger charge is -2.14. The van der Waals surface area contributed by atoms with Crippen LogP contribution in [-0.2, 0) is 4.74 Å². The molecule has 0 radical (unpaired) electrons. The first-order valence-corrected chi connectivity index (χ1v) is 5.59. The number of imidazole rings is 1. The van der Waals surface area contributed by atoms with E-state index in [2.05, 4.69) is 15.0 Å². The molecule has 0 unspecified atom stereocenters. The van der Waals surface area contributed by atoms with Crippen molar-refractivity contribution >= 4 is 17.0 Å². The fourth-order valence-electron chi connectivity index (χ4n) is 2.09. The first-order valence-electron chi connectivity index (χ1n) is 5.59. The summed E-state index contributed by atoms with van der Waals surface area (Å²) >= 11 is 0. The molecule has 102 valence electrons. The minimum atomic E-state index is -1.81. The Balaban J connectivity index is 2.03. The highest BCUT2D eigenvalue weighted by Crippen LogP contribution is 2.35. The van der Waals surface area contributed by atoms with Crippen molar-refractivity contribution in [2.24, 2.45) is 0 Å². The van der Waals surface area contributed by atoms with Crippen LogP contribution < -0.4 is 5.73 Å². The van der Waals surface area contributed by atoms with E-state index in [9.17, 15) is 8.78 Å². The average molecular weight is 271 g/mol. The molecule has 19 heavy (non-hydrogen) atoms. The number of alkyl halides is 1. The molecule has 0 amide bonds. The number of aliphatic hydroxyl groups is 1. The van der Waals surface area contributed by atoms with Crippen LogP contribution in [0.3, 0.4) is 0 Å². The maximum absolute atomic E-state index is 13.9. The van der Waals surface area contributed by atoms with Crippen molar-refractivity contribution in [1.29, 1.82) is 0 Å². The Labute approximate surface area is 106 Å². The highest BCUT2D eigenvalue weighted by molar-refractivity contribution is 5.81. The molecule has 3 rings (SSSR count). The number of nitrogen functional groups attached to an aromatic ring is 1. The van der Waals surface area contributed by atoms with Gasteiger partial charge in [0.2, 0.25) is 0 Å². The molecule has 9 heteroatoms. The van der Waals surface area contributed by atoms with Crippen molar-refractivity contribution in [1.82, 2.24) is 19.5 Å². The van der Waals surface area contributed by atoms with Gasteiger partial charge in [0.05, 0.1) is 19.5 Å². The minimum Gasteiger partial charge on any atom is -0.393 e. The average Bonchev–Trinajstić information content (AvgIpc) is 2.94. The lowest BCUT2D eigenvalue weighted by Crippen LogP contribution is -2.27. The SMILES string of the molecule is Nc1nc(F)nc2c1ncn2[C@H]1C[C@](F)(CO)CO1. The summed E-state index contributed by atoms with van der Waals surface area (Å²) in [7, 11) is 0. The number of ether oxygens (including phenoxy) is 1. The van der Waals surface area contributed by atoms with E-state index >= 15 is 0 Å². The Morgan fingerprint density at radius 2 is 2.37 bits per heavy atom. The third-order valence-electron chi connectivity index (χ3n) is 3.09. The molecule has 1 aliphatic heterocycles. The molecule has 0 spiro atoms. The van der Waals surface area contributed by atoms with Gasteiger partial charge >= 0.3 is 6.08 Å². The van der Waals surface area contributed by atoms with Crippen molar-refractivity contribution in [2.75, 3.05) is 18.9 Å². The number of anilines is 1. The summed E-state index contributed by atoms with van der Waals surface area (Å²) in [5, 5.41) is 8.96. The van der Waals surface area contributed by atoms with Crippen LogP contribution in [0.5, 0.6) is 0 Å². The van der Waals surface area contributed by atoms with Crippen LogP contribution in [-0.4, -0.2) is 43.5 Å². The molecule has 2 aromatic rings. The number of nitrogens with zero attached hydrogens (tertiary/aromatic N) is 4. The van der Waals surface area contributed by atoms with E-state index in [-0.39, 0.29) is 30.0 Å². The molecule has 0 bridgehead atoms. The van der Waals surface area contributed by atoms with Gasteiger partial charge in [-0.25, -0.2) is 9.37 Å². The van der Waals surface area contributed by atoms with E-state index in [1.165, 1.54) is 10.9 Å². The normalized spacial score (nSPS) is 27.2. The Morgan fingerprint density at radius 3 is 3.05 bits per heavy atom. The summed E-state index contributed by atoms with van der Waals surface area (Å²) in [6.07, 6.45) is -0.432. The number of aromatic nitrogens is 4. The number of hydrogen-bond donors (Lipinski definition) is 2. The number of fused-ring (bicyclic) bond motifs is 1. The third-order valence-corrected chi connectivity index (χ3v) is 3.09. The Bertz CT molecular complexity index is 634. The molecular weight excluding hydrogens is 260 g/mol. The predicted molar refractivity (Wildman–Crippen MR) is 60.2 cm³/mol. The van der Waals surface area contributed by atoms with Crippen molar-refractivity contribution in [2.45, 2.75) is 18.3 Å². The number of nitrogens with two attached hydrogens (primary N) is 1. The summed E-state index contributed by atoms with van der Waals surface area (Å²) in [5.74, 6) is -0.0899. The smallest absolute Gasteiger partial charge is 0.312 e. The summed E-state index contributed by atoms with van der Waals surface area (Å²) in [6, 6.07) is 0. The third kappa shape index (κ3) is 1.90. The molecule has 1 aliphatic rings. The first kappa shape index (κ1) is 12.2. The van der Waals surface area contributed by atoms with Crippen LogP contribution in [0.25, 0.3) is 11.2 Å². The van der Waals surface area contributed by atoms with E-state index in [4.69, 9.17) is 15.6 Å². The van der Waals surface area contributed by atoms with Gasteiger partial charge in [0, 0.05) is 6.42 Å². The van der Waals surface area contributed by atoms with Gasteiger partial charge in [-0.2, -0.15) is 14.4 Å². The largest absolute Gasteiger partial charge is 0.393 e. The van der Waals surface area contributed by atoms with Crippen LogP contribution in [0, 0.1) is 6.08 Å². The van der Waals surface area contributed by atoms with Crippen molar-refractivity contribution < 1.29 is 18.6 Å². The minimum absolute atomic E-state index is 0.0690. The molecule has 1 fully saturated rings. The fourth-order valence-corrected chi connectivity index (χ4v) is 2.09. The number of halogens is 2. The summed E-state index contributed by atoms with van der Waals surface area (Å²) < 4.78 is 33.7.